The third-order valence-corrected chi connectivity index (χ3v) is 2.87. The number of nitrogens with one attached hydrogen (secondary N) is 1. The van der Waals surface area contributed by atoms with Gasteiger partial charge in [-0.15, -0.1) is 0 Å². The van der Waals surface area contributed by atoms with Gasteiger partial charge in [0.25, 0.3) is 0 Å². The molecule has 94 valence electrons. The molecule has 16 heavy (non-hydrogen) atoms. The number of rotatable bonds is 5. The molecule has 0 aromatic carbocycles. The molecule has 1 saturated heterocycles. The van der Waals surface area contributed by atoms with Gasteiger partial charge in [-0.2, -0.15) is 0 Å². The van der Waals surface area contributed by atoms with Crippen molar-refractivity contribution < 1.29 is 9.53 Å². The smallest absolute Gasteiger partial charge is 0.236 e. The summed E-state index contributed by atoms with van der Waals surface area (Å²) in [6.45, 7) is 6.69. The van der Waals surface area contributed by atoms with Crippen LogP contribution < -0.4 is 5.32 Å². The maximum absolute atomic E-state index is 11.8. The lowest BCUT2D eigenvalue weighted by Gasteiger charge is -2.32. The first-order valence-electron chi connectivity index (χ1n) is 5.82. The quantitative estimate of drug-likeness (QED) is 0.683. The second-order valence-corrected chi connectivity index (χ2v) is 4.42. The molecule has 1 amide bonds. The standard InChI is InChI=1S/C11H23N3O2/c1-10(9-16-3)12-8-11(15)14-6-4-13(2)5-7-14/h10,12H,4-9H2,1-3H3. The maximum atomic E-state index is 11.8. The van der Waals surface area contributed by atoms with E-state index < -0.39 is 0 Å². The van der Waals surface area contributed by atoms with Crippen molar-refractivity contribution in [1.29, 1.82) is 0 Å². The zero-order chi connectivity index (χ0) is 12.0. The number of hydrogen-bond acceptors (Lipinski definition) is 4. The molecule has 0 aromatic rings. The lowest BCUT2D eigenvalue weighted by molar-refractivity contribution is -0.131. The second kappa shape index (κ2) is 6.83. The topological polar surface area (TPSA) is 44.8 Å². The number of methoxy groups -OCH3 is 1. The van der Waals surface area contributed by atoms with Crippen LogP contribution in [-0.2, 0) is 9.53 Å². The number of carbonyl (C=O) groups is 1. The number of hydrogen-bond donors (Lipinski definition) is 1. The molecular weight excluding hydrogens is 206 g/mol. The molecular formula is C11H23N3O2. The minimum atomic E-state index is 0.191. The monoisotopic (exact) mass is 229 g/mol. The van der Waals surface area contributed by atoms with E-state index in [-0.39, 0.29) is 11.9 Å². The zero-order valence-corrected chi connectivity index (χ0v) is 10.5. The predicted molar refractivity (Wildman–Crippen MR) is 63.4 cm³/mol. The Hall–Kier alpha value is -0.650. The van der Waals surface area contributed by atoms with Gasteiger partial charge in [0.1, 0.15) is 0 Å². The van der Waals surface area contributed by atoms with Crippen LogP contribution in [-0.4, -0.2) is 75.2 Å². The summed E-state index contributed by atoms with van der Waals surface area (Å²) in [6.07, 6.45) is 0. The number of likely N-dealkylation sites (N-methyl/N-ethyl adjacent to an activating group) is 1. The fourth-order valence-electron chi connectivity index (χ4n) is 1.74. The van der Waals surface area contributed by atoms with Gasteiger partial charge >= 0.3 is 0 Å². The van der Waals surface area contributed by atoms with Crippen molar-refractivity contribution in [3.63, 3.8) is 0 Å². The molecule has 1 aliphatic heterocycles. The van der Waals surface area contributed by atoms with Gasteiger partial charge in [-0.05, 0) is 14.0 Å². The Labute approximate surface area is 97.7 Å². The fourth-order valence-corrected chi connectivity index (χ4v) is 1.74. The predicted octanol–water partition coefficient (Wildman–Crippen LogP) is -0.615. The Bertz CT molecular complexity index is 215. The van der Waals surface area contributed by atoms with Crippen molar-refractivity contribution >= 4 is 5.91 Å². The molecule has 5 heteroatoms. The Balaban J connectivity index is 2.19. The van der Waals surface area contributed by atoms with E-state index in [0.29, 0.717) is 13.2 Å². The fraction of sp³-hybridized carbons (Fsp3) is 0.909. The molecule has 1 atom stereocenters. The van der Waals surface area contributed by atoms with Crippen LogP contribution in [0, 0.1) is 0 Å². The Morgan fingerprint density at radius 1 is 1.38 bits per heavy atom. The summed E-state index contributed by atoms with van der Waals surface area (Å²) in [5, 5.41) is 3.16. The van der Waals surface area contributed by atoms with Crippen molar-refractivity contribution in [2.24, 2.45) is 0 Å². The minimum absolute atomic E-state index is 0.191. The van der Waals surface area contributed by atoms with Crippen LogP contribution in [0.15, 0.2) is 0 Å². The van der Waals surface area contributed by atoms with Crippen LogP contribution in [0.5, 0.6) is 0 Å². The minimum Gasteiger partial charge on any atom is -0.383 e. The van der Waals surface area contributed by atoms with Gasteiger partial charge in [-0.3, -0.25) is 4.79 Å². The molecule has 1 N–H and O–H groups in total. The van der Waals surface area contributed by atoms with Gasteiger partial charge in [0, 0.05) is 39.3 Å². The average molecular weight is 229 g/mol. The Kier molecular flexibility index (Phi) is 5.73. The lowest BCUT2D eigenvalue weighted by Crippen LogP contribution is -2.50. The molecule has 0 saturated carbocycles. The van der Waals surface area contributed by atoms with E-state index in [1.54, 1.807) is 7.11 Å². The number of carbonyl (C=O) groups excluding carboxylic acids is 1. The molecule has 1 rings (SSSR count). The summed E-state index contributed by atoms with van der Waals surface area (Å²) < 4.78 is 5.00. The van der Waals surface area contributed by atoms with Gasteiger partial charge in [-0.25, -0.2) is 0 Å². The van der Waals surface area contributed by atoms with Crippen LogP contribution in [0.25, 0.3) is 0 Å². The molecule has 1 heterocycles. The SMILES string of the molecule is COCC(C)NCC(=O)N1CCN(C)CC1. The molecule has 0 spiro atoms. The normalized spacial score (nSPS) is 19.8. The molecule has 1 aliphatic rings. The second-order valence-electron chi connectivity index (χ2n) is 4.42. The first kappa shape index (κ1) is 13.4. The van der Waals surface area contributed by atoms with Crippen molar-refractivity contribution in [1.82, 2.24) is 15.1 Å². The van der Waals surface area contributed by atoms with Crippen LogP contribution in [0.1, 0.15) is 6.92 Å². The molecule has 1 fully saturated rings. The molecule has 0 aromatic heterocycles. The van der Waals surface area contributed by atoms with Gasteiger partial charge in [0.05, 0.1) is 13.2 Å². The summed E-state index contributed by atoms with van der Waals surface area (Å²) in [5.74, 6) is 0.191. The maximum Gasteiger partial charge on any atom is 0.236 e. The highest BCUT2D eigenvalue weighted by Gasteiger charge is 2.18. The van der Waals surface area contributed by atoms with E-state index in [1.807, 2.05) is 11.8 Å². The first-order valence-corrected chi connectivity index (χ1v) is 5.82. The van der Waals surface area contributed by atoms with Crippen molar-refractivity contribution in [2.75, 3.05) is 53.5 Å². The van der Waals surface area contributed by atoms with Crippen LogP contribution in [0.4, 0.5) is 0 Å². The summed E-state index contributed by atoms with van der Waals surface area (Å²) in [7, 11) is 3.75. The molecule has 0 radical (unpaired) electrons. The number of ether oxygens (including phenoxy) is 1. The molecule has 0 aliphatic carbocycles. The van der Waals surface area contributed by atoms with Gasteiger partial charge in [0.2, 0.25) is 5.91 Å². The highest BCUT2D eigenvalue weighted by molar-refractivity contribution is 5.78. The third kappa shape index (κ3) is 4.47. The average Bonchev–Trinajstić information content (AvgIpc) is 2.27. The van der Waals surface area contributed by atoms with E-state index in [0.717, 1.165) is 26.2 Å². The summed E-state index contributed by atoms with van der Waals surface area (Å²) in [4.78, 5) is 16.0. The number of piperazine rings is 1. The van der Waals surface area contributed by atoms with Crippen LogP contribution in [0.3, 0.4) is 0 Å². The van der Waals surface area contributed by atoms with Crippen molar-refractivity contribution in [3.05, 3.63) is 0 Å². The van der Waals surface area contributed by atoms with E-state index in [9.17, 15) is 4.79 Å². The number of nitrogens with zero attached hydrogens (tertiary/aromatic N) is 2. The van der Waals surface area contributed by atoms with Gasteiger partial charge < -0.3 is 19.9 Å². The first-order chi connectivity index (χ1) is 7.63. The molecule has 1 unspecified atom stereocenters. The van der Waals surface area contributed by atoms with E-state index in [1.165, 1.54) is 0 Å². The van der Waals surface area contributed by atoms with E-state index >= 15 is 0 Å². The van der Waals surface area contributed by atoms with Crippen molar-refractivity contribution in [2.45, 2.75) is 13.0 Å². The van der Waals surface area contributed by atoms with E-state index in [4.69, 9.17) is 4.74 Å². The Morgan fingerprint density at radius 3 is 2.56 bits per heavy atom. The zero-order valence-electron chi connectivity index (χ0n) is 10.5. The lowest BCUT2D eigenvalue weighted by atomic mass is 10.3. The highest BCUT2D eigenvalue weighted by Crippen LogP contribution is 1.99. The highest BCUT2D eigenvalue weighted by atomic mass is 16.5. The summed E-state index contributed by atoms with van der Waals surface area (Å²) in [5.41, 5.74) is 0. The van der Waals surface area contributed by atoms with Crippen LogP contribution >= 0.6 is 0 Å². The van der Waals surface area contributed by atoms with Gasteiger partial charge in [-0.1, -0.05) is 0 Å². The van der Waals surface area contributed by atoms with Gasteiger partial charge in [0.15, 0.2) is 0 Å². The molecule has 0 bridgehead atoms. The van der Waals surface area contributed by atoms with Crippen LogP contribution in [0.2, 0.25) is 0 Å². The molecule has 5 nitrogen and oxygen atoms in total. The Morgan fingerprint density at radius 2 is 2.00 bits per heavy atom. The van der Waals surface area contributed by atoms with Crippen molar-refractivity contribution in [3.8, 4) is 0 Å². The summed E-state index contributed by atoms with van der Waals surface area (Å²) >= 11 is 0. The number of amides is 1. The van der Waals surface area contributed by atoms with E-state index in [2.05, 4.69) is 17.3 Å². The largest absolute Gasteiger partial charge is 0.383 e. The third-order valence-electron chi connectivity index (χ3n) is 2.87. The summed E-state index contributed by atoms with van der Waals surface area (Å²) in [6, 6.07) is 0.224.